The van der Waals surface area contributed by atoms with Crippen LogP contribution in [-0.2, 0) is 39.5 Å². The number of esters is 1. The molecule has 0 aliphatic carbocycles. The normalized spacial score (nSPS) is 27.8. The quantitative estimate of drug-likeness (QED) is 0.305. The molecule has 0 bridgehead atoms. The molecule has 9 heteroatoms. The van der Waals surface area contributed by atoms with Gasteiger partial charge in [-0.1, -0.05) is 57.7 Å². The van der Waals surface area contributed by atoms with Gasteiger partial charge in [0.1, 0.15) is 23.9 Å². The van der Waals surface area contributed by atoms with Gasteiger partial charge in [-0.05, 0) is 37.5 Å². The first-order chi connectivity index (χ1) is 16.1. The van der Waals surface area contributed by atoms with E-state index in [1.54, 1.807) is 13.8 Å². The van der Waals surface area contributed by atoms with E-state index in [4.69, 9.17) is 28.1 Å². The molecule has 196 valence electrons. The lowest BCUT2D eigenvalue weighted by Crippen LogP contribution is -2.58. The standard InChI is InChI=1S/C26H40O8Si/c1-17(22(27)29-7)26(28,16-31-35(8,9)24(2,3)4)21-19(30-15-18-13-11-10-12-14-18)20-23(32-21)34-25(5,6)33-20/h10-14,19-21,23,28H,1,15-16H2,2-9H3/t19-,20-,21+,23-,26-/m1/s1. The van der Waals surface area contributed by atoms with E-state index in [1.807, 2.05) is 30.3 Å². The highest BCUT2D eigenvalue weighted by Gasteiger charge is 2.62. The Kier molecular flexibility index (Phi) is 8.03. The van der Waals surface area contributed by atoms with Gasteiger partial charge in [-0.2, -0.15) is 0 Å². The lowest BCUT2D eigenvalue weighted by molar-refractivity contribution is -0.243. The third kappa shape index (κ3) is 5.88. The van der Waals surface area contributed by atoms with Crippen molar-refractivity contribution in [2.75, 3.05) is 13.7 Å². The molecular weight excluding hydrogens is 468 g/mol. The Morgan fingerprint density at radius 3 is 2.37 bits per heavy atom. The molecular formula is C26H40O8Si. The number of carbonyl (C=O) groups is 1. The van der Waals surface area contributed by atoms with Crippen LogP contribution in [0.4, 0.5) is 0 Å². The maximum Gasteiger partial charge on any atom is 0.336 e. The van der Waals surface area contributed by atoms with Gasteiger partial charge >= 0.3 is 5.97 Å². The minimum absolute atomic E-state index is 0.118. The van der Waals surface area contributed by atoms with Crippen molar-refractivity contribution in [3.63, 3.8) is 0 Å². The molecule has 0 amide bonds. The molecule has 8 nitrogen and oxygen atoms in total. The number of rotatable bonds is 9. The van der Waals surface area contributed by atoms with Gasteiger partial charge in [0.25, 0.3) is 0 Å². The van der Waals surface area contributed by atoms with Gasteiger partial charge in [0.2, 0.25) is 0 Å². The molecule has 0 radical (unpaired) electrons. The Morgan fingerprint density at radius 1 is 1.17 bits per heavy atom. The van der Waals surface area contributed by atoms with Gasteiger partial charge in [0, 0.05) is 0 Å². The lowest BCUT2D eigenvalue weighted by atomic mass is 9.86. The first kappa shape index (κ1) is 28.0. The summed E-state index contributed by atoms with van der Waals surface area (Å²) in [7, 11) is -1.07. The van der Waals surface area contributed by atoms with E-state index in [-0.39, 0.29) is 23.8 Å². The highest BCUT2D eigenvalue weighted by atomic mass is 28.4. The number of fused-ring (bicyclic) bond motifs is 1. The molecule has 0 saturated carbocycles. The molecule has 0 spiro atoms. The van der Waals surface area contributed by atoms with Crippen LogP contribution in [0, 0.1) is 0 Å². The summed E-state index contributed by atoms with van der Waals surface area (Å²) in [5.74, 6) is -1.64. The third-order valence-corrected chi connectivity index (χ3v) is 11.6. The molecule has 2 aliphatic heterocycles. The van der Waals surface area contributed by atoms with Crippen LogP contribution in [0.25, 0.3) is 0 Å². The Bertz CT molecular complexity index is 910. The van der Waals surface area contributed by atoms with Gasteiger partial charge in [0.15, 0.2) is 20.4 Å². The van der Waals surface area contributed by atoms with Crippen LogP contribution in [0.5, 0.6) is 0 Å². The van der Waals surface area contributed by atoms with Crippen molar-refractivity contribution >= 4 is 14.3 Å². The van der Waals surface area contributed by atoms with E-state index < -0.39 is 50.3 Å². The maximum atomic E-state index is 12.6. The molecule has 35 heavy (non-hydrogen) atoms. The molecule has 2 aliphatic rings. The summed E-state index contributed by atoms with van der Waals surface area (Å²) in [5.41, 5.74) is -1.16. The Morgan fingerprint density at radius 2 is 1.80 bits per heavy atom. The van der Waals surface area contributed by atoms with Crippen LogP contribution >= 0.6 is 0 Å². The summed E-state index contributed by atoms with van der Waals surface area (Å²) in [5, 5.41) is 11.9. The molecule has 1 aromatic carbocycles. The number of hydrogen-bond donors (Lipinski definition) is 1. The average Bonchev–Trinajstić information content (AvgIpc) is 3.26. The molecule has 5 atom stereocenters. The summed E-state index contributed by atoms with van der Waals surface area (Å²) in [4.78, 5) is 12.6. The van der Waals surface area contributed by atoms with Gasteiger partial charge in [0.05, 0.1) is 25.9 Å². The monoisotopic (exact) mass is 508 g/mol. The zero-order chi connectivity index (χ0) is 26.2. The van der Waals surface area contributed by atoms with Crippen LogP contribution < -0.4 is 0 Å². The summed E-state index contributed by atoms with van der Waals surface area (Å²) >= 11 is 0. The first-order valence-electron chi connectivity index (χ1n) is 11.9. The lowest BCUT2D eigenvalue weighted by Gasteiger charge is -2.42. The molecule has 2 fully saturated rings. The summed E-state index contributed by atoms with van der Waals surface area (Å²) in [6, 6.07) is 9.65. The smallest absolute Gasteiger partial charge is 0.336 e. The van der Waals surface area contributed by atoms with Crippen molar-refractivity contribution in [2.24, 2.45) is 0 Å². The molecule has 1 N–H and O–H groups in total. The Hall–Kier alpha value is -1.59. The predicted octanol–water partition coefficient (Wildman–Crippen LogP) is 3.93. The van der Waals surface area contributed by atoms with Crippen LogP contribution in [0.1, 0.15) is 40.2 Å². The van der Waals surface area contributed by atoms with Crippen LogP contribution in [0.15, 0.2) is 42.5 Å². The highest BCUT2D eigenvalue weighted by molar-refractivity contribution is 6.74. The van der Waals surface area contributed by atoms with Crippen molar-refractivity contribution in [3.8, 4) is 0 Å². The van der Waals surface area contributed by atoms with E-state index in [0.29, 0.717) is 0 Å². The van der Waals surface area contributed by atoms with E-state index in [1.165, 1.54) is 7.11 Å². The van der Waals surface area contributed by atoms with Crippen molar-refractivity contribution in [3.05, 3.63) is 48.0 Å². The second-order valence-corrected chi connectivity index (χ2v) is 16.0. The fourth-order valence-electron chi connectivity index (χ4n) is 3.96. The van der Waals surface area contributed by atoms with E-state index >= 15 is 0 Å². The molecule has 2 saturated heterocycles. The number of benzene rings is 1. The zero-order valence-electron chi connectivity index (χ0n) is 22.1. The molecule has 0 aromatic heterocycles. The van der Waals surface area contributed by atoms with Crippen molar-refractivity contribution in [2.45, 2.75) is 95.3 Å². The van der Waals surface area contributed by atoms with Crippen molar-refractivity contribution < 1.29 is 38.0 Å². The van der Waals surface area contributed by atoms with E-state index in [0.717, 1.165) is 5.56 Å². The fourth-order valence-corrected chi connectivity index (χ4v) is 4.97. The van der Waals surface area contributed by atoms with Gasteiger partial charge < -0.3 is 33.2 Å². The van der Waals surface area contributed by atoms with Crippen molar-refractivity contribution in [1.29, 1.82) is 0 Å². The van der Waals surface area contributed by atoms with Gasteiger partial charge in [-0.25, -0.2) is 4.79 Å². The number of aliphatic hydroxyl groups is 1. The first-order valence-corrected chi connectivity index (χ1v) is 14.8. The molecule has 3 rings (SSSR count). The third-order valence-electron chi connectivity index (χ3n) is 7.16. The molecule has 1 aromatic rings. The number of carbonyl (C=O) groups excluding carboxylic acids is 1. The zero-order valence-corrected chi connectivity index (χ0v) is 23.1. The number of hydrogen-bond acceptors (Lipinski definition) is 8. The van der Waals surface area contributed by atoms with Crippen LogP contribution in [-0.4, -0.2) is 69.1 Å². The second-order valence-electron chi connectivity index (χ2n) is 11.2. The van der Waals surface area contributed by atoms with E-state index in [9.17, 15) is 9.90 Å². The Labute approximate surface area is 209 Å². The molecule has 2 heterocycles. The summed E-state index contributed by atoms with van der Waals surface area (Å²) in [6.07, 6.45) is -3.23. The number of methoxy groups -OCH3 is 1. The molecule has 0 unspecified atom stereocenters. The van der Waals surface area contributed by atoms with E-state index in [2.05, 4.69) is 40.4 Å². The summed E-state index contributed by atoms with van der Waals surface area (Å²) < 4.78 is 35.8. The predicted molar refractivity (Wildman–Crippen MR) is 133 cm³/mol. The largest absolute Gasteiger partial charge is 0.466 e. The van der Waals surface area contributed by atoms with Crippen LogP contribution in [0.3, 0.4) is 0 Å². The highest BCUT2D eigenvalue weighted by Crippen LogP contribution is 2.45. The number of ether oxygens (including phenoxy) is 5. The fraction of sp³-hybridized carbons (Fsp3) is 0.654. The summed E-state index contributed by atoms with van der Waals surface area (Å²) in [6.45, 7) is 17.9. The SMILES string of the molecule is C=C(C(=O)OC)[C@](O)(CO[Si](C)(C)C(C)(C)C)[C@H]1O[C@@H]2OC(C)(C)O[C@@H]2[C@H]1OCc1ccccc1. The Balaban J connectivity index is 1.95. The van der Waals surface area contributed by atoms with Crippen molar-refractivity contribution in [1.82, 2.24) is 0 Å². The van der Waals surface area contributed by atoms with Gasteiger partial charge in [-0.15, -0.1) is 0 Å². The maximum absolute atomic E-state index is 12.6. The van der Waals surface area contributed by atoms with Crippen LogP contribution in [0.2, 0.25) is 18.1 Å². The van der Waals surface area contributed by atoms with Gasteiger partial charge in [-0.3, -0.25) is 0 Å². The minimum Gasteiger partial charge on any atom is -0.466 e. The topological polar surface area (TPSA) is 92.7 Å². The second kappa shape index (κ2) is 10.0. The minimum atomic E-state index is -2.31. The average molecular weight is 509 g/mol.